The minimum Gasteiger partial charge on any atom is -0.240 e. The summed E-state index contributed by atoms with van der Waals surface area (Å²) < 4.78 is 0. The van der Waals surface area contributed by atoms with Gasteiger partial charge < -0.3 is 0 Å². The summed E-state index contributed by atoms with van der Waals surface area (Å²) in [5.74, 6) is 0. The minimum absolute atomic E-state index is 1.03. The molecule has 24 heavy (non-hydrogen) atoms. The smallest absolute Gasteiger partial charge is 0.109 e. The maximum Gasteiger partial charge on any atom is 0.109 e. The van der Waals surface area contributed by atoms with E-state index in [1.807, 2.05) is 12.1 Å². The van der Waals surface area contributed by atoms with E-state index < -0.39 is 0 Å². The minimum atomic E-state index is 1.03. The standard InChI is InChI=1S/C22H17NS/c1-16-11-13-19(14-12-16)24-22-20(17-7-3-2-4-8-17)15-18-9-5-6-10-21(18)23-22/h2-15H,1H3. The van der Waals surface area contributed by atoms with Crippen LogP contribution in [0, 0.1) is 6.92 Å². The van der Waals surface area contributed by atoms with Crippen LogP contribution in [0.1, 0.15) is 5.56 Å². The highest BCUT2D eigenvalue weighted by Crippen LogP contribution is 2.36. The van der Waals surface area contributed by atoms with Crippen LogP contribution in [0.4, 0.5) is 0 Å². The molecule has 0 atom stereocenters. The van der Waals surface area contributed by atoms with Gasteiger partial charge in [0.2, 0.25) is 0 Å². The molecule has 3 aromatic carbocycles. The van der Waals surface area contributed by atoms with Crippen LogP contribution in [-0.2, 0) is 0 Å². The summed E-state index contributed by atoms with van der Waals surface area (Å²) >= 11 is 1.72. The van der Waals surface area contributed by atoms with Gasteiger partial charge in [0.1, 0.15) is 5.03 Å². The number of para-hydroxylation sites is 1. The third kappa shape index (κ3) is 3.06. The number of benzene rings is 3. The average Bonchev–Trinajstić information content (AvgIpc) is 2.64. The molecule has 1 heterocycles. The quantitative estimate of drug-likeness (QED) is 0.434. The molecule has 0 bridgehead atoms. The zero-order valence-electron chi connectivity index (χ0n) is 13.4. The molecule has 2 heteroatoms. The first-order valence-corrected chi connectivity index (χ1v) is 8.81. The van der Waals surface area contributed by atoms with Gasteiger partial charge in [-0.25, -0.2) is 4.98 Å². The Bertz CT molecular complexity index is 976. The van der Waals surface area contributed by atoms with Gasteiger partial charge in [-0.1, -0.05) is 78.0 Å². The van der Waals surface area contributed by atoms with Crippen molar-refractivity contribution < 1.29 is 0 Å². The monoisotopic (exact) mass is 327 g/mol. The predicted octanol–water partition coefficient (Wildman–Crippen LogP) is 6.36. The van der Waals surface area contributed by atoms with E-state index in [1.54, 1.807) is 11.8 Å². The average molecular weight is 327 g/mol. The van der Waals surface area contributed by atoms with Crippen molar-refractivity contribution in [1.82, 2.24) is 4.98 Å². The number of hydrogen-bond acceptors (Lipinski definition) is 2. The molecule has 4 aromatic rings. The number of rotatable bonds is 3. The van der Waals surface area contributed by atoms with Gasteiger partial charge in [-0.15, -0.1) is 0 Å². The van der Waals surface area contributed by atoms with E-state index in [0.717, 1.165) is 10.5 Å². The van der Waals surface area contributed by atoms with E-state index in [9.17, 15) is 0 Å². The van der Waals surface area contributed by atoms with Crippen LogP contribution in [0.25, 0.3) is 22.0 Å². The lowest BCUT2D eigenvalue weighted by Gasteiger charge is -2.11. The van der Waals surface area contributed by atoms with E-state index in [2.05, 4.69) is 79.7 Å². The van der Waals surface area contributed by atoms with Gasteiger partial charge >= 0.3 is 0 Å². The van der Waals surface area contributed by atoms with Crippen molar-refractivity contribution in [2.75, 3.05) is 0 Å². The Kier molecular flexibility index (Phi) is 4.06. The van der Waals surface area contributed by atoms with Gasteiger partial charge in [-0.3, -0.25) is 0 Å². The van der Waals surface area contributed by atoms with Crippen LogP contribution < -0.4 is 0 Å². The van der Waals surface area contributed by atoms with Gasteiger partial charge in [0, 0.05) is 15.8 Å². The molecule has 4 rings (SSSR count). The molecule has 0 aliphatic heterocycles. The normalized spacial score (nSPS) is 10.9. The molecule has 0 N–H and O–H groups in total. The fourth-order valence-electron chi connectivity index (χ4n) is 2.72. The Hall–Kier alpha value is -2.58. The van der Waals surface area contributed by atoms with Crippen molar-refractivity contribution in [2.45, 2.75) is 16.8 Å². The Morgan fingerprint density at radius 3 is 2.25 bits per heavy atom. The summed E-state index contributed by atoms with van der Waals surface area (Å²) in [5, 5.41) is 2.22. The van der Waals surface area contributed by atoms with Crippen molar-refractivity contribution in [3.8, 4) is 11.1 Å². The molecule has 0 saturated heterocycles. The van der Waals surface area contributed by atoms with Gasteiger partial charge in [-0.2, -0.15) is 0 Å². The fraction of sp³-hybridized carbons (Fsp3) is 0.0455. The lowest BCUT2D eigenvalue weighted by Crippen LogP contribution is -1.89. The van der Waals surface area contributed by atoms with Crippen molar-refractivity contribution in [2.24, 2.45) is 0 Å². The van der Waals surface area contributed by atoms with Crippen LogP contribution in [0.3, 0.4) is 0 Å². The lowest BCUT2D eigenvalue weighted by atomic mass is 10.1. The summed E-state index contributed by atoms with van der Waals surface area (Å²) in [6.45, 7) is 2.11. The van der Waals surface area contributed by atoms with E-state index in [1.165, 1.54) is 27.0 Å². The molecule has 1 nitrogen and oxygen atoms in total. The maximum absolute atomic E-state index is 4.93. The molecule has 0 spiro atoms. The van der Waals surface area contributed by atoms with Crippen LogP contribution in [0.2, 0.25) is 0 Å². The first-order valence-electron chi connectivity index (χ1n) is 7.99. The molecule has 0 radical (unpaired) electrons. The van der Waals surface area contributed by atoms with Crippen LogP contribution in [0.15, 0.2) is 94.9 Å². The molecule has 0 aliphatic carbocycles. The maximum atomic E-state index is 4.93. The number of aryl methyl sites for hydroxylation is 1. The van der Waals surface area contributed by atoms with E-state index >= 15 is 0 Å². The first-order chi connectivity index (χ1) is 11.8. The molecule has 0 aliphatic rings. The number of fused-ring (bicyclic) bond motifs is 1. The summed E-state index contributed by atoms with van der Waals surface area (Å²) in [7, 11) is 0. The second kappa shape index (κ2) is 6.50. The third-order valence-electron chi connectivity index (χ3n) is 4.01. The molecule has 0 fully saturated rings. The Balaban J connectivity index is 1.86. The highest BCUT2D eigenvalue weighted by molar-refractivity contribution is 7.99. The number of aromatic nitrogens is 1. The summed E-state index contributed by atoms with van der Waals surface area (Å²) in [5.41, 5.74) is 4.69. The molecule has 116 valence electrons. The number of pyridine rings is 1. The number of nitrogens with zero attached hydrogens (tertiary/aromatic N) is 1. The van der Waals surface area contributed by atoms with Crippen molar-refractivity contribution >= 4 is 22.7 Å². The van der Waals surface area contributed by atoms with Crippen molar-refractivity contribution in [3.05, 3.63) is 90.5 Å². The lowest BCUT2D eigenvalue weighted by molar-refractivity contribution is 1.19. The topological polar surface area (TPSA) is 12.9 Å². The largest absolute Gasteiger partial charge is 0.240 e. The van der Waals surface area contributed by atoms with Gasteiger partial charge in [0.05, 0.1) is 5.52 Å². The number of hydrogen-bond donors (Lipinski definition) is 0. The Morgan fingerprint density at radius 1 is 0.750 bits per heavy atom. The molecule has 0 saturated carbocycles. The van der Waals surface area contributed by atoms with E-state index in [0.29, 0.717) is 0 Å². The Morgan fingerprint density at radius 2 is 1.46 bits per heavy atom. The summed E-state index contributed by atoms with van der Waals surface area (Å²) in [6, 6.07) is 29.6. The molecule has 1 aromatic heterocycles. The van der Waals surface area contributed by atoms with Gasteiger partial charge in [0.25, 0.3) is 0 Å². The summed E-state index contributed by atoms with van der Waals surface area (Å²) in [6.07, 6.45) is 0. The van der Waals surface area contributed by atoms with Crippen molar-refractivity contribution in [3.63, 3.8) is 0 Å². The van der Waals surface area contributed by atoms with Gasteiger partial charge in [-0.05, 0) is 36.8 Å². The van der Waals surface area contributed by atoms with Gasteiger partial charge in [0.15, 0.2) is 0 Å². The first kappa shape index (κ1) is 15.0. The SMILES string of the molecule is Cc1ccc(Sc2nc3ccccc3cc2-c2ccccc2)cc1. The van der Waals surface area contributed by atoms with E-state index in [-0.39, 0.29) is 0 Å². The second-order valence-corrected chi connectivity index (χ2v) is 6.88. The predicted molar refractivity (Wildman–Crippen MR) is 102 cm³/mol. The molecular weight excluding hydrogens is 310 g/mol. The van der Waals surface area contributed by atoms with Crippen LogP contribution in [0.5, 0.6) is 0 Å². The zero-order chi connectivity index (χ0) is 16.4. The second-order valence-electron chi connectivity index (χ2n) is 5.81. The van der Waals surface area contributed by atoms with Crippen molar-refractivity contribution in [1.29, 1.82) is 0 Å². The van der Waals surface area contributed by atoms with Crippen LogP contribution in [-0.4, -0.2) is 4.98 Å². The molecule has 0 amide bonds. The molecule has 0 unspecified atom stereocenters. The zero-order valence-corrected chi connectivity index (χ0v) is 14.3. The Labute approximate surface area is 146 Å². The highest BCUT2D eigenvalue weighted by Gasteiger charge is 2.10. The third-order valence-corrected chi connectivity index (χ3v) is 5.02. The fourth-order valence-corrected chi connectivity index (χ4v) is 3.64. The van der Waals surface area contributed by atoms with E-state index in [4.69, 9.17) is 4.98 Å². The highest BCUT2D eigenvalue weighted by atomic mass is 32.2. The summed E-state index contributed by atoms with van der Waals surface area (Å²) in [4.78, 5) is 6.14. The molecular formula is C22H17NS. The van der Waals surface area contributed by atoms with Crippen LogP contribution >= 0.6 is 11.8 Å².